The molecule has 1 aliphatic heterocycles. The van der Waals surface area contributed by atoms with Crippen LogP contribution in [0.15, 0.2) is 24.3 Å². The van der Waals surface area contributed by atoms with E-state index < -0.39 is 0 Å². The van der Waals surface area contributed by atoms with Crippen LogP contribution in [-0.2, 0) is 0 Å². The Labute approximate surface area is 101 Å². The molecule has 2 rings (SSSR count). The number of piperidine rings is 1. The average Bonchev–Trinajstić information content (AvgIpc) is 2.40. The zero-order valence-corrected chi connectivity index (χ0v) is 9.57. The lowest BCUT2D eigenvalue weighted by molar-refractivity contribution is 0.0929. The molecular formula is C13H15N3O. The topological polar surface area (TPSA) is 64.9 Å². The zero-order chi connectivity index (χ0) is 12.1. The van der Waals surface area contributed by atoms with Gasteiger partial charge in [0.05, 0.1) is 17.2 Å². The number of amides is 1. The molecule has 0 aromatic heterocycles. The average molecular weight is 229 g/mol. The highest BCUT2D eigenvalue weighted by Crippen LogP contribution is 2.09. The number of hydrogen-bond acceptors (Lipinski definition) is 3. The van der Waals surface area contributed by atoms with E-state index in [-0.39, 0.29) is 11.9 Å². The van der Waals surface area contributed by atoms with E-state index in [9.17, 15) is 4.79 Å². The molecule has 1 fully saturated rings. The molecule has 4 nitrogen and oxygen atoms in total. The minimum atomic E-state index is -0.144. The minimum Gasteiger partial charge on any atom is -0.349 e. The quantitative estimate of drug-likeness (QED) is 0.796. The van der Waals surface area contributed by atoms with Gasteiger partial charge in [-0.3, -0.25) is 4.79 Å². The highest BCUT2D eigenvalue weighted by molar-refractivity contribution is 5.96. The molecule has 4 heteroatoms. The SMILES string of the molecule is N#Cc1ccccc1C(=O)NC1CCNCC1. The molecule has 1 heterocycles. The predicted molar refractivity (Wildman–Crippen MR) is 64.5 cm³/mol. The van der Waals surface area contributed by atoms with Crippen LogP contribution in [0.5, 0.6) is 0 Å². The zero-order valence-electron chi connectivity index (χ0n) is 9.57. The van der Waals surface area contributed by atoms with Crippen LogP contribution in [0.1, 0.15) is 28.8 Å². The summed E-state index contributed by atoms with van der Waals surface area (Å²) in [6, 6.07) is 9.15. The summed E-state index contributed by atoms with van der Waals surface area (Å²) < 4.78 is 0. The fraction of sp³-hybridized carbons (Fsp3) is 0.385. The van der Waals surface area contributed by atoms with Gasteiger partial charge in [-0.05, 0) is 38.1 Å². The van der Waals surface area contributed by atoms with Gasteiger partial charge < -0.3 is 10.6 Å². The maximum Gasteiger partial charge on any atom is 0.252 e. The third-order valence-corrected chi connectivity index (χ3v) is 2.97. The van der Waals surface area contributed by atoms with Crippen molar-refractivity contribution < 1.29 is 4.79 Å². The molecule has 17 heavy (non-hydrogen) atoms. The van der Waals surface area contributed by atoms with Crippen molar-refractivity contribution in [3.8, 4) is 6.07 Å². The number of carbonyl (C=O) groups excluding carboxylic acids is 1. The summed E-state index contributed by atoms with van der Waals surface area (Å²) in [7, 11) is 0. The Bertz CT molecular complexity index is 444. The van der Waals surface area contributed by atoms with Crippen LogP contribution < -0.4 is 10.6 Å². The molecule has 88 valence electrons. The molecule has 0 unspecified atom stereocenters. The molecule has 2 N–H and O–H groups in total. The molecule has 0 aliphatic carbocycles. The van der Waals surface area contributed by atoms with Crippen LogP contribution in [0.3, 0.4) is 0 Å². The number of carbonyl (C=O) groups is 1. The smallest absolute Gasteiger partial charge is 0.252 e. The normalized spacial score (nSPS) is 16.2. The summed E-state index contributed by atoms with van der Waals surface area (Å²) in [6.07, 6.45) is 1.89. The molecule has 1 amide bonds. The third-order valence-electron chi connectivity index (χ3n) is 2.97. The first-order valence-electron chi connectivity index (χ1n) is 5.82. The molecule has 1 saturated heterocycles. The summed E-state index contributed by atoms with van der Waals surface area (Å²) in [5, 5.41) is 15.2. The Hall–Kier alpha value is -1.86. The van der Waals surface area contributed by atoms with E-state index in [1.807, 2.05) is 6.07 Å². The second kappa shape index (κ2) is 5.46. The molecule has 1 aromatic carbocycles. The summed E-state index contributed by atoms with van der Waals surface area (Å²) in [5.74, 6) is -0.144. The van der Waals surface area contributed by atoms with Gasteiger partial charge in [0.15, 0.2) is 0 Å². The Kier molecular flexibility index (Phi) is 3.73. The van der Waals surface area contributed by atoms with Gasteiger partial charge in [-0.15, -0.1) is 0 Å². The standard InChI is InChI=1S/C13H15N3O/c14-9-10-3-1-2-4-12(10)13(17)16-11-5-7-15-8-6-11/h1-4,11,15H,5-8H2,(H,16,17). The second-order valence-electron chi connectivity index (χ2n) is 4.16. The third kappa shape index (κ3) is 2.83. The number of nitrogens with zero attached hydrogens (tertiary/aromatic N) is 1. The molecule has 0 saturated carbocycles. The van der Waals surface area contributed by atoms with Crippen molar-refractivity contribution in [2.24, 2.45) is 0 Å². The fourth-order valence-electron chi connectivity index (χ4n) is 2.01. The van der Waals surface area contributed by atoms with Gasteiger partial charge in [0.2, 0.25) is 0 Å². The monoisotopic (exact) mass is 229 g/mol. The summed E-state index contributed by atoms with van der Waals surface area (Å²) in [5.41, 5.74) is 0.896. The summed E-state index contributed by atoms with van der Waals surface area (Å²) in [6.45, 7) is 1.87. The van der Waals surface area contributed by atoms with Crippen molar-refractivity contribution in [1.29, 1.82) is 5.26 Å². The van der Waals surface area contributed by atoms with Gasteiger partial charge >= 0.3 is 0 Å². The molecule has 1 aliphatic rings. The number of nitrogens with one attached hydrogen (secondary N) is 2. The molecule has 0 bridgehead atoms. The number of hydrogen-bond donors (Lipinski definition) is 2. The van der Waals surface area contributed by atoms with E-state index in [2.05, 4.69) is 10.6 Å². The van der Waals surface area contributed by atoms with E-state index in [4.69, 9.17) is 5.26 Å². The highest BCUT2D eigenvalue weighted by Gasteiger charge is 2.17. The molecular weight excluding hydrogens is 214 g/mol. The Morgan fingerprint density at radius 3 is 2.76 bits per heavy atom. The van der Waals surface area contributed by atoms with Gasteiger partial charge in [-0.25, -0.2) is 0 Å². The van der Waals surface area contributed by atoms with Gasteiger partial charge in [0.1, 0.15) is 0 Å². The van der Waals surface area contributed by atoms with Crippen molar-refractivity contribution in [2.75, 3.05) is 13.1 Å². The number of nitriles is 1. The fourth-order valence-corrected chi connectivity index (χ4v) is 2.01. The molecule has 1 aromatic rings. The van der Waals surface area contributed by atoms with Gasteiger partial charge in [0, 0.05) is 6.04 Å². The first-order valence-corrected chi connectivity index (χ1v) is 5.82. The Morgan fingerprint density at radius 1 is 1.35 bits per heavy atom. The van der Waals surface area contributed by atoms with E-state index in [0.717, 1.165) is 25.9 Å². The van der Waals surface area contributed by atoms with E-state index in [0.29, 0.717) is 11.1 Å². The Morgan fingerprint density at radius 2 is 2.06 bits per heavy atom. The van der Waals surface area contributed by atoms with Crippen molar-refractivity contribution in [3.05, 3.63) is 35.4 Å². The summed E-state index contributed by atoms with van der Waals surface area (Å²) in [4.78, 5) is 12.0. The van der Waals surface area contributed by atoms with Crippen LogP contribution in [0.4, 0.5) is 0 Å². The number of benzene rings is 1. The lowest BCUT2D eigenvalue weighted by atomic mass is 10.0. The molecule has 0 spiro atoms. The lowest BCUT2D eigenvalue weighted by Gasteiger charge is -2.23. The van der Waals surface area contributed by atoms with Gasteiger partial charge in [-0.1, -0.05) is 12.1 Å². The second-order valence-corrected chi connectivity index (χ2v) is 4.16. The maximum atomic E-state index is 12.0. The van der Waals surface area contributed by atoms with Gasteiger partial charge in [0.25, 0.3) is 5.91 Å². The Balaban J connectivity index is 2.06. The molecule has 0 atom stereocenters. The molecule has 0 radical (unpaired) electrons. The van der Waals surface area contributed by atoms with Crippen molar-refractivity contribution in [3.63, 3.8) is 0 Å². The summed E-state index contributed by atoms with van der Waals surface area (Å²) >= 11 is 0. The van der Waals surface area contributed by atoms with Crippen LogP contribution in [0, 0.1) is 11.3 Å². The maximum absolute atomic E-state index is 12.0. The lowest BCUT2D eigenvalue weighted by Crippen LogP contribution is -2.42. The van der Waals surface area contributed by atoms with E-state index in [1.165, 1.54) is 0 Å². The van der Waals surface area contributed by atoms with Crippen LogP contribution in [-0.4, -0.2) is 25.0 Å². The number of rotatable bonds is 2. The first kappa shape index (κ1) is 11.6. The van der Waals surface area contributed by atoms with E-state index in [1.54, 1.807) is 24.3 Å². The van der Waals surface area contributed by atoms with Crippen LogP contribution in [0.2, 0.25) is 0 Å². The predicted octanol–water partition coefficient (Wildman–Crippen LogP) is 1.04. The minimum absolute atomic E-state index is 0.144. The largest absolute Gasteiger partial charge is 0.349 e. The van der Waals surface area contributed by atoms with Gasteiger partial charge in [-0.2, -0.15) is 5.26 Å². The van der Waals surface area contributed by atoms with Crippen LogP contribution in [0.25, 0.3) is 0 Å². The first-order chi connectivity index (χ1) is 8.31. The van der Waals surface area contributed by atoms with E-state index >= 15 is 0 Å². The van der Waals surface area contributed by atoms with Crippen LogP contribution >= 0.6 is 0 Å². The van der Waals surface area contributed by atoms with Crippen molar-refractivity contribution in [2.45, 2.75) is 18.9 Å². The van der Waals surface area contributed by atoms with Crippen molar-refractivity contribution in [1.82, 2.24) is 10.6 Å². The van der Waals surface area contributed by atoms with Crippen molar-refractivity contribution >= 4 is 5.91 Å². The highest BCUT2D eigenvalue weighted by atomic mass is 16.1.